The zero-order valence-corrected chi connectivity index (χ0v) is 15.9. The highest BCUT2D eigenvalue weighted by atomic mass is 16.5. The maximum atomic E-state index is 12.2. The van der Waals surface area contributed by atoms with Gasteiger partial charge in [0, 0.05) is 6.54 Å². The highest BCUT2D eigenvalue weighted by molar-refractivity contribution is 6.31. The monoisotopic (exact) mass is 371 g/mol. The van der Waals surface area contributed by atoms with Crippen molar-refractivity contribution in [3.05, 3.63) is 29.6 Å². The molecule has 0 radical (unpaired) electrons. The van der Waals surface area contributed by atoms with Crippen LogP contribution in [-0.2, 0) is 27.5 Å². The van der Waals surface area contributed by atoms with Crippen LogP contribution in [0.2, 0.25) is 0 Å². The van der Waals surface area contributed by atoms with Crippen LogP contribution in [0.4, 0.5) is 0 Å². The second-order valence-electron chi connectivity index (χ2n) is 8.37. The predicted molar refractivity (Wildman–Crippen MR) is 99.1 cm³/mol. The molecule has 7 heteroatoms. The molecule has 1 aromatic carbocycles. The molecule has 2 aliphatic heterocycles. The minimum Gasteiger partial charge on any atom is -0.474 e. The maximum Gasteiger partial charge on any atom is 0.394 e. The quantitative estimate of drug-likeness (QED) is 0.779. The van der Waals surface area contributed by atoms with Crippen molar-refractivity contribution in [1.29, 1.82) is 0 Å². The van der Waals surface area contributed by atoms with Gasteiger partial charge in [0.15, 0.2) is 0 Å². The number of imidazole rings is 1. The number of rotatable bonds is 1. The number of nitrogens with zero attached hydrogens (tertiary/aromatic N) is 3. The molecule has 1 fully saturated rings. The number of hydrogen-bond acceptors (Lipinski definition) is 4. The Morgan fingerprint density at radius 3 is 2.81 bits per heavy atom. The van der Waals surface area contributed by atoms with Crippen molar-refractivity contribution in [1.82, 2.24) is 14.5 Å². The fraction of sp³-hybridized carbons (Fsp3) is 0.550. The van der Waals surface area contributed by atoms with Crippen LogP contribution in [0.15, 0.2) is 18.2 Å². The molecule has 0 aliphatic carbocycles. The van der Waals surface area contributed by atoms with Crippen molar-refractivity contribution in [3.63, 3.8) is 0 Å². The average molecular weight is 371 g/mol. The minimum absolute atomic E-state index is 0.222. The van der Waals surface area contributed by atoms with E-state index in [-0.39, 0.29) is 11.6 Å². The van der Waals surface area contributed by atoms with Gasteiger partial charge in [-0.15, -0.1) is 0 Å². The smallest absolute Gasteiger partial charge is 0.394 e. The summed E-state index contributed by atoms with van der Waals surface area (Å²) in [5.74, 6) is -1.03. The predicted octanol–water partition coefficient (Wildman–Crippen LogP) is 2.73. The number of aliphatic carboxylic acids is 1. The van der Waals surface area contributed by atoms with Gasteiger partial charge in [-0.3, -0.25) is 4.79 Å². The van der Waals surface area contributed by atoms with Crippen LogP contribution in [-0.4, -0.2) is 43.6 Å². The zero-order chi connectivity index (χ0) is 19.3. The van der Waals surface area contributed by atoms with Crippen LogP contribution in [0, 0.1) is 5.92 Å². The summed E-state index contributed by atoms with van der Waals surface area (Å²) in [7, 11) is 0. The van der Waals surface area contributed by atoms with Crippen molar-refractivity contribution >= 4 is 22.9 Å². The van der Waals surface area contributed by atoms with Gasteiger partial charge in [-0.25, -0.2) is 9.78 Å². The molecule has 1 unspecified atom stereocenters. The second kappa shape index (κ2) is 6.34. The van der Waals surface area contributed by atoms with E-state index in [1.54, 1.807) is 0 Å². The molecule has 3 heterocycles. The third-order valence-electron chi connectivity index (χ3n) is 5.63. The lowest BCUT2D eigenvalue weighted by molar-refractivity contribution is -0.158. The number of likely N-dealkylation sites (tertiary alicyclic amines) is 1. The number of carbonyl (C=O) groups is 2. The zero-order valence-electron chi connectivity index (χ0n) is 15.9. The number of carboxylic acid groups (broad SMARTS) is 1. The van der Waals surface area contributed by atoms with Crippen molar-refractivity contribution < 1.29 is 19.4 Å². The highest BCUT2D eigenvalue weighted by Gasteiger charge is 2.35. The van der Waals surface area contributed by atoms with Crippen molar-refractivity contribution in [2.75, 3.05) is 6.54 Å². The van der Waals surface area contributed by atoms with Gasteiger partial charge >= 0.3 is 11.9 Å². The van der Waals surface area contributed by atoms with Crippen molar-refractivity contribution in [2.24, 2.45) is 5.92 Å². The van der Waals surface area contributed by atoms with Gasteiger partial charge < -0.3 is 19.3 Å². The van der Waals surface area contributed by atoms with Crippen LogP contribution < -0.4 is 0 Å². The Morgan fingerprint density at radius 2 is 2.07 bits per heavy atom. The highest BCUT2D eigenvalue weighted by Crippen LogP contribution is 2.35. The number of fused-ring (bicyclic) bond motifs is 3. The second-order valence-corrected chi connectivity index (χ2v) is 8.37. The van der Waals surface area contributed by atoms with Crippen LogP contribution in [0.5, 0.6) is 0 Å². The average Bonchev–Trinajstić information content (AvgIpc) is 2.96. The molecular formula is C20H25N3O4. The third-order valence-corrected chi connectivity index (χ3v) is 5.63. The Morgan fingerprint density at radius 1 is 1.30 bits per heavy atom. The number of ether oxygens (including phenoxy) is 1. The van der Waals surface area contributed by atoms with Gasteiger partial charge in [0.2, 0.25) is 0 Å². The normalized spacial score (nSPS) is 24.6. The van der Waals surface area contributed by atoms with Gasteiger partial charge in [-0.2, -0.15) is 0 Å². The third kappa shape index (κ3) is 3.20. The first kappa shape index (κ1) is 18.0. The summed E-state index contributed by atoms with van der Waals surface area (Å²) in [6.07, 6.45) is 1.73. The van der Waals surface area contributed by atoms with Crippen molar-refractivity contribution in [3.8, 4) is 0 Å². The van der Waals surface area contributed by atoms with Crippen LogP contribution in [0.25, 0.3) is 11.0 Å². The molecule has 1 N–H and O–H groups in total. The standard InChI is InChI=1S/C20H25N3O4/c1-12-4-6-15(22(9-12)18(24)19(25)26)13-5-7-16-14(8-13)21-17-10-27-20(2,3)11-23(16)17/h5,7-8,12,15H,4,6,9-11H2,1-3H3,(H,25,26)/t12-,15?/m0/s1. The fourth-order valence-electron chi connectivity index (χ4n) is 4.22. The molecule has 7 nitrogen and oxygen atoms in total. The van der Waals surface area contributed by atoms with E-state index in [2.05, 4.69) is 18.4 Å². The number of piperidine rings is 1. The molecule has 4 rings (SSSR count). The molecule has 144 valence electrons. The number of carboxylic acids is 1. The number of benzene rings is 1. The fourth-order valence-corrected chi connectivity index (χ4v) is 4.22. The molecule has 1 aromatic heterocycles. The Kier molecular flexibility index (Phi) is 4.22. The van der Waals surface area contributed by atoms with E-state index < -0.39 is 11.9 Å². The largest absolute Gasteiger partial charge is 0.474 e. The number of aromatic nitrogens is 2. The molecule has 27 heavy (non-hydrogen) atoms. The van der Waals surface area contributed by atoms with E-state index >= 15 is 0 Å². The molecule has 1 amide bonds. The summed E-state index contributed by atoms with van der Waals surface area (Å²) in [4.78, 5) is 29.7. The van der Waals surface area contributed by atoms with Crippen LogP contribution in [0.3, 0.4) is 0 Å². The number of hydrogen-bond donors (Lipinski definition) is 1. The molecular weight excluding hydrogens is 346 g/mol. The molecule has 2 aromatic rings. The van der Waals surface area contributed by atoms with E-state index in [0.29, 0.717) is 19.1 Å². The lowest BCUT2D eigenvalue weighted by atomic mass is 9.89. The molecule has 1 saturated heterocycles. The van der Waals surface area contributed by atoms with E-state index in [1.165, 1.54) is 4.90 Å². The van der Waals surface area contributed by atoms with E-state index in [9.17, 15) is 14.7 Å². The maximum absolute atomic E-state index is 12.2. The molecule has 0 bridgehead atoms. The number of carbonyl (C=O) groups excluding carboxylic acids is 1. The van der Waals surface area contributed by atoms with E-state index in [1.807, 2.05) is 25.1 Å². The molecule has 2 aliphatic rings. The number of amides is 1. The SMILES string of the molecule is C[C@H]1CCC(c2ccc3c(c2)nc2n3CC(C)(C)OC2)N(C(=O)C(=O)O)C1. The first-order valence-electron chi connectivity index (χ1n) is 9.42. The summed E-state index contributed by atoms with van der Waals surface area (Å²) in [6, 6.07) is 5.81. The topological polar surface area (TPSA) is 84.7 Å². The van der Waals surface area contributed by atoms with Crippen LogP contribution in [0.1, 0.15) is 51.0 Å². The summed E-state index contributed by atoms with van der Waals surface area (Å²) >= 11 is 0. The Bertz CT molecular complexity index is 917. The Hall–Kier alpha value is -2.41. The van der Waals surface area contributed by atoms with Gasteiger partial charge in [0.1, 0.15) is 12.4 Å². The van der Waals surface area contributed by atoms with Gasteiger partial charge in [0.25, 0.3) is 0 Å². The first-order valence-corrected chi connectivity index (χ1v) is 9.42. The minimum atomic E-state index is -1.40. The van der Waals surface area contributed by atoms with Crippen molar-refractivity contribution in [2.45, 2.75) is 58.4 Å². The Balaban J connectivity index is 1.71. The van der Waals surface area contributed by atoms with Gasteiger partial charge in [-0.05, 0) is 50.3 Å². The lowest BCUT2D eigenvalue weighted by Gasteiger charge is -2.38. The molecule has 2 atom stereocenters. The summed E-state index contributed by atoms with van der Waals surface area (Å²) in [5.41, 5.74) is 2.62. The summed E-state index contributed by atoms with van der Waals surface area (Å²) in [5, 5.41) is 9.20. The lowest BCUT2D eigenvalue weighted by Crippen LogP contribution is -2.44. The Labute approximate surface area is 157 Å². The van der Waals surface area contributed by atoms with E-state index in [0.717, 1.165) is 41.8 Å². The van der Waals surface area contributed by atoms with Crippen LogP contribution >= 0.6 is 0 Å². The van der Waals surface area contributed by atoms with E-state index in [4.69, 9.17) is 9.72 Å². The first-order chi connectivity index (χ1) is 12.7. The summed E-state index contributed by atoms with van der Waals surface area (Å²) < 4.78 is 8.04. The molecule has 0 saturated carbocycles. The molecule has 0 spiro atoms. The summed E-state index contributed by atoms with van der Waals surface area (Å²) in [6.45, 7) is 7.86. The van der Waals surface area contributed by atoms with Gasteiger partial charge in [-0.1, -0.05) is 13.0 Å². The van der Waals surface area contributed by atoms with Gasteiger partial charge in [0.05, 0.1) is 29.2 Å².